The van der Waals surface area contributed by atoms with E-state index >= 15 is 0 Å². The van der Waals surface area contributed by atoms with Gasteiger partial charge in [0.05, 0.1) is 46.5 Å². The summed E-state index contributed by atoms with van der Waals surface area (Å²) >= 11 is 0. The van der Waals surface area contributed by atoms with Gasteiger partial charge in [0.25, 0.3) is 0 Å². The second-order valence-electron chi connectivity index (χ2n) is 23.5. The van der Waals surface area contributed by atoms with Crippen molar-refractivity contribution in [3.8, 4) is 57.7 Å². The topological polar surface area (TPSA) is 102 Å². The Morgan fingerprint density at radius 1 is 0.253 bits per heavy atom. The highest BCUT2D eigenvalue weighted by molar-refractivity contribution is 5.90. The Morgan fingerprint density at radius 3 is 0.663 bits per heavy atom. The van der Waals surface area contributed by atoms with Crippen LogP contribution in [0.15, 0.2) is 206 Å². The Hall–Kier alpha value is -10.8. The van der Waals surface area contributed by atoms with E-state index in [1.165, 1.54) is 66.8 Å². The van der Waals surface area contributed by atoms with Crippen LogP contribution in [0.5, 0.6) is 0 Å². The van der Waals surface area contributed by atoms with Crippen LogP contribution in [0.3, 0.4) is 0 Å². The monoisotopic (exact) mass is 1060 g/mol. The number of anilines is 6. The lowest BCUT2D eigenvalue weighted by Crippen LogP contribution is -2.16. The lowest BCUT2D eigenvalue weighted by molar-refractivity contribution is 0.660. The fraction of sp³-hybridized carbons (Fsp3) is 0.117. The summed E-state index contributed by atoms with van der Waals surface area (Å²) in [7, 11) is 0. The summed E-state index contributed by atoms with van der Waals surface area (Å²) in [6.07, 6.45) is 8.97. The molecule has 83 heavy (non-hydrogen) atoms. The van der Waals surface area contributed by atoms with Gasteiger partial charge in [-0.3, -0.25) is 0 Å². The summed E-state index contributed by atoms with van der Waals surface area (Å²) in [5.41, 5.74) is 27.3. The van der Waals surface area contributed by atoms with Crippen LogP contribution in [0, 0.1) is 45.3 Å². The lowest BCUT2D eigenvalue weighted by Gasteiger charge is -2.28. The Morgan fingerprint density at radius 2 is 0.446 bits per heavy atom. The highest BCUT2D eigenvalue weighted by Crippen LogP contribution is 2.54. The Bertz CT molecular complexity index is 4140. The van der Waals surface area contributed by atoms with E-state index in [-0.39, 0.29) is 16.2 Å². The summed E-state index contributed by atoms with van der Waals surface area (Å²) < 4.78 is 0. The van der Waals surface area contributed by atoms with E-state index in [4.69, 9.17) is 0 Å². The van der Waals surface area contributed by atoms with E-state index in [0.29, 0.717) is 22.3 Å². The molecule has 0 spiro atoms. The van der Waals surface area contributed by atoms with Crippen LogP contribution in [0.2, 0.25) is 0 Å². The molecular weight excluding hydrogens is 1010 g/mol. The number of nitriles is 4. The minimum atomic E-state index is -0.270. The smallest absolute Gasteiger partial charge is 0.0991 e. The van der Waals surface area contributed by atoms with Crippen LogP contribution in [0.4, 0.5) is 34.1 Å². The maximum atomic E-state index is 9.54. The summed E-state index contributed by atoms with van der Waals surface area (Å²) in [6, 6.07) is 80.4. The molecule has 0 bridgehead atoms. The fourth-order valence-corrected chi connectivity index (χ4v) is 13.0. The number of rotatable bonds is 10. The zero-order chi connectivity index (χ0) is 57.4. The molecule has 0 saturated heterocycles. The third kappa shape index (κ3) is 8.78. The Kier molecular flexibility index (Phi) is 12.3. The molecular formula is C77H56N6. The van der Waals surface area contributed by atoms with Gasteiger partial charge in [0.1, 0.15) is 0 Å². The Labute approximate surface area is 486 Å². The molecule has 0 fully saturated rings. The Balaban J connectivity index is 0.728. The number of hydrogen-bond acceptors (Lipinski definition) is 6. The van der Waals surface area contributed by atoms with E-state index in [1.54, 1.807) is 0 Å². The summed E-state index contributed by atoms with van der Waals surface area (Å²) in [5.74, 6) is 0. The van der Waals surface area contributed by atoms with Crippen LogP contribution in [-0.2, 0) is 16.2 Å². The summed E-state index contributed by atoms with van der Waals surface area (Å²) in [6.45, 7) is 13.9. The predicted molar refractivity (Wildman–Crippen MR) is 338 cm³/mol. The van der Waals surface area contributed by atoms with Crippen molar-refractivity contribution in [3.63, 3.8) is 0 Å². The van der Waals surface area contributed by atoms with E-state index < -0.39 is 0 Å². The van der Waals surface area contributed by atoms with E-state index in [9.17, 15) is 21.0 Å². The number of benzene rings is 10. The van der Waals surface area contributed by atoms with Crippen LogP contribution >= 0.6 is 0 Å². The first-order chi connectivity index (χ1) is 40.2. The normalized spacial score (nSPS) is 14.0. The minimum Gasteiger partial charge on any atom is -0.310 e. The fourth-order valence-electron chi connectivity index (χ4n) is 13.0. The average Bonchev–Trinajstić information content (AvgIpc) is 3.40. The molecule has 13 rings (SSSR count). The zero-order valence-electron chi connectivity index (χ0n) is 47.1. The van der Waals surface area contributed by atoms with Crippen molar-refractivity contribution < 1.29 is 0 Å². The van der Waals surface area contributed by atoms with Gasteiger partial charge in [-0.15, -0.1) is 0 Å². The lowest BCUT2D eigenvalue weighted by atomic mass is 9.81. The van der Waals surface area contributed by atoms with Gasteiger partial charge in [-0.05, 0) is 210 Å². The van der Waals surface area contributed by atoms with Crippen molar-refractivity contribution in [2.24, 2.45) is 0 Å². The molecule has 0 unspecified atom stereocenters. The van der Waals surface area contributed by atoms with Gasteiger partial charge < -0.3 is 9.80 Å². The molecule has 10 aromatic rings. The van der Waals surface area contributed by atoms with Gasteiger partial charge in [0.2, 0.25) is 0 Å². The average molecular weight is 1070 g/mol. The van der Waals surface area contributed by atoms with Crippen molar-refractivity contribution in [1.29, 1.82) is 21.0 Å². The zero-order valence-corrected chi connectivity index (χ0v) is 47.1. The molecule has 0 N–H and O–H groups in total. The van der Waals surface area contributed by atoms with Crippen LogP contribution in [0.25, 0.3) is 57.7 Å². The van der Waals surface area contributed by atoms with Crippen molar-refractivity contribution in [2.75, 3.05) is 9.80 Å². The molecule has 3 aliphatic carbocycles. The minimum absolute atomic E-state index is 0.200. The number of fused-ring (bicyclic) bond motifs is 9. The second-order valence-corrected chi connectivity index (χ2v) is 23.5. The third-order valence-corrected chi connectivity index (χ3v) is 17.6. The van der Waals surface area contributed by atoms with E-state index in [2.05, 4.69) is 209 Å². The van der Waals surface area contributed by atoms with Crippen LogP contribution in [0.1, 0.15) is 119 Å². The third-order valence-electron chi connectivity index (χ3n) is 17.6. The maximum absolute atomic E-state index is 9.54. The highest BCUT2D eigenvalue weighted by Gasteiger charge is 2.39. The number of hydrogen-bond donors (Lipinski definition) is 0. The molecule has 10 aromatic carbocycles. The van der Waals surface area contributed by atoms with Gasteiger partial charge in [-0.1, -0.05) is 151 Å². The van der Waals surface area contributed by atoms with Crippen molar-refractivity contribution >= 4 is 58.4 Å². The van der Waals surface area contributed by atoms with Crippen LogP contribution in [-0.4, -0.2) is 0 Å². The molecule has 0 amide bonds. The first-order valence-corrected chi connectivity index (χ1v) is 28.0. The molecule has 0 saturated carbocycles. The van der Waals surface area contributed by atoms with Crippen molar-refractivity contribution in [1.82, 2.24) is 0 Å². The molecule has 6 nitrogen and oxygen atoms in total. The standard InChI is InChI=1S/C77H56N6/c1-75(2)69-39-49(7-9-51-21-35-65-67-37-31-61(43-73(67)76(3,4)71(65)41-51)82(57-23-11-53(45-78)12-24-57)58-25-13-54(46-79)14-26-58)19-33-63(69)64-34-20-50(40-70(64)75)8-10-52-22-36-66-68-38-32-62(44-74(68)77(5,6)72(66)42-52)83(59-27-15-55(47-80)16-28-59)60-29-17-56(48-81)18-30-60/h7-44H,1-6H3/b9-7+,10-8+. The molecule has 0 aromatic heterocycles. The van der Waals surface area contributed by atoms with Gasteiger partial charge in [-0.2, -0.15) is 21.0 Å². The van der Waals surface area contributed by atoms with E-state index in [0.717, 1.165) is 56.4 Å². The van der Waals surface area contributed by atoms with E-state index in [1.807, 2.05) is 97.1 Å². The SMILES string of the molecule is CC1(C)c2cc(/C=C/c3ccc4c(c3)C(C)(C)c3cc(N(c5ccc(C#N)cc5)c5ccc(C#N)cc5)ccc3-4)ccc2-c2ccc(/C=C/c3ccc4c(c3)C(C)(C)c3cc(N(c5ccc(C#N)cc5)c5ccc(C#N)cc5)ccc3-4)cc21. The van der Waals surface area contributed by atoms with Crippen LogP contribution < -0.4 is 9.80 Å². The molecule has 0 atom stereocenters. The first-order valence-electron chi connectivity index (χ1n) is 28.0. The molecule has 394 valence electrons. The quantitative estimate of drug-likeness (QED) is 0.126. The molecule has 6 heteroatoms. The first kappa shape index (κ1) is 51.7. The van der Waals surface area contributed by atoms with Crippen molar-refractivity contribution in [2.45, 2.75) is 57.8 Å². The highest BCUT2D eigenvalue weighted by atomic mass is 15.1. The predicted octanol–water partition coefficient (Wildman–Crippen LogP) is 19.4. The van der Waals surface area contributed by atoms with Crippen molar-refractivity contribution in [3.05, 3.63) is 284 Å². The van der Waals surface area contributed by atoms with Gasteiger partial charge in [0, 0.05) is 50.4 Å². The maximum Gasteiger partial charge on any atom is 0.0991 e. The van der Waals surface area contributed by atoms with Gasteiger partial charge >= 0.3 is 0 Å². The summed E-state index contributed by atoms with van der Waals surface area (Å²) in [5, 5.41) is 38.2. The second kappa shape index (κ2) is 19.8. The van der Waals surface area contributed by atoms with Gasteiger partial charge in [0.15, 0.2) is 0 Å². The molecule has 3 aliphatic rings. The largest absolute Gasteiger partial charge is 0.310 e. The molecule has 0 radical (unpaired) electrons. The molecule has 0 aliphatic heterocycles. The summed E-state index contributed by atoms with van der Waals surface area (Å²) in [4.78, 5) is 4.37. The number of nitrogens with zero attached hydrogens (tertiary/aromatic N) is 6. The van der Waals surface area contributed by atoms with Gasteiger partial charge in [-0.25, -0.2) is 0 Å². The molecule has 0 heterocycles.